The molecule has 2 fully saturated rings. The van der Waals surface area contributed by atoms with E-state index in [1.165, 1.54) is 4.90 Å². The van der Waals surface area contributed by atoms with Gasteiger partial charge < -0.3 is 0 Å². The number of nitrogens with zero attached hydrogens (tertiary/aromatic N) is 1. The van der Waals surface area contributed by atoms with Gasteiger partial charge in [-0.15, -0.1) is 0 Å². The highest BCUT2D eigenvalue weighted by atomic mass is 16.2. The second-order valence-corrected chi connectivity index (χ2v) is 6.40. The van der Waals surface area contributed by atoms with Crippen molar-refractivity contribution in [3.63, 3.8) is 0 Å². The lowest BCUT2D eigenvalue weighted by Crippen LogP contribution is -2.50. The van der Waals surface area contributed by atoms with Crippen LogP contribution in [-0.4, -0.2) is 29.2 Å². The lowest BCUT2D eigenvalue weighted by Gasteiger charge is -2.29. The van der Waals surface area contributed by atoms with Gasteiger partial charge in [0.2, 0.25) is 17.7 Å². The van der Waals surface area contributed by atoms with Gasteiger partial charge in [0.1, 0.15) is 0 Å². The molecule has 0 spiro atoms. The van der Waals surface area contributed by atoms with Crippen molar-refractivity contribution in [3.05, 3.63) is 0 Å². The fourth-order valence-electron chi connectivity index (χ4n) is 2.82. The Morgan fingerprint density at radius 3 is 2.17 bits per heavy atom. The van der Waals surface area contributed by atoms with Crippen LogP contribution >= 0.6 is 0 Å². The summed E-state index contributed by atoms with van der Waals surface area (Å²) in [4.78, 5) is 37.0. The van der Waals surface area contributed by atoms with Gasteiger partial charge >= 0.3 is 0 Å². The molecule has 6 heteroatoms. The molecule has 1 saturated heterocycles. The summed E-state index contributed by atoms with van der Waals surface area (Å²) in [5, 5.41) is 0. The number of amides is 3. The van der Waals surface area contributed by atoms with Crippen LogP contribution in [-0.2, 0) is 14.4 Å². The maximum atomic E-state index is 12.1. The number of hydrazine groups is 1. The minimum Gasteiger partial charge on any atom is -0.294 e. The Balaban J connectivity index is 2.12. The summed E-state index contributed by atoms with van der Waals surface area (Å²) in [5.74, 6) is 3.97. The molecule has 2 unspecified atom stereocenters. The van der Waals surface area contributed by atoms with E-state index in [-0.39, 0.29) is 41.5 Å². The molecule has 100 valence electrons. The van der Waals surface area contributed by atoms with E-state index in [4.69, 9.17) is 5.84 Å². The van der Waals surface area contributed by atoms with E-state index < -0.39 is 5.41 Å². The van der Waals surface area contributed by atoms with Crippen LogP contribution in [0.3, 0.4) is 0 Å². The van der Waals surface area contributed by atoms with Gasteiger partial charge in [0.15, 0.2) is 0 Å². The molecule has 2 rings (SSSR count). The van der Waals surface area contributed by atoms with E-state index in [1.54, 1.807) is 13.8 Å². The summed E-state index contributed by atoms with van der Waals surface area (Å²) in [6, 6.07) is 0. The summed E-state index contributed by atoms with van der Waals surface area (Å²) in [7, 11) is 0. The first kappa shape index (κ1) is 13.0. The molecule has 0 aromatic carbocycles. The number of nitrogens with one attached hydrogen (secondary N) is 1. The molecule has 0 aromatic heterocycles. The third-order valence-corrected chi connectivity index (χ3v) is 4.19. The Hall–Kier alpha value is -1.43. The molecule has 3 N–H and O–H groups in total. The van der Waals surface area contributed by atoms with E-state index in [9.17, 15) is 14.4 Å². The number of nitrogens with two attached hydrogens (primary N) is 1. The van der Waals surface area contributed by atoms with E-state index in [0.29, 0.717) is 0 Å². The van der Waals surface area contributed by atoms with Crippen LogP contribution in [0.2, 0.25) is 0 Å². The predicted molar refractivity (Wildman–Crippen MR) is 63.6 cm³/mol. The van der Waals surface area contributed by atoms with E-state index in [0.717, 1.165) is 0 Å². The second kappa shape index (κ2) is 3.54. The number of piperidine rings is 1. The highest BCUT2D eigenvalue weighted by Crippen LogP contribution is 2.63. The largest absolute Gasteiger partial charge is 0.294 e. The fraction of sp³-hybridized carbons (Fsp3) is 0.750. The van der Waals surface area contributed by atoms with E-state index in [2.05, 4.69) is 5.43 Å². The molecule has 0 bridgehead atoms. The Bertz CT molecular complexity index is 418. The number of fused-ring (bicyclic) bond motifs is 1. The highest BCUT2D eigenvalue weighted by Gasteiger charge is 2.72. The average molecular weight is 253 g/mol. The van der Waals surface area contributed by atoms with Crippen LogP contribution in [0.1, 0.15) is 27.7 Å². The zero-order valence-electron chi connectivity index (χ0n) is 11.1. The minimum absolute atomic E-state index is 0.0801. The summed E-state index contributed by atoms with van der Waals surface area (Å²) in [6.45, 7) is 7.24. The van der Waals surface area contributed by atoms with Crippen molar-refractivity contribution in [1.29, 1.82) is 0 Å². The van der Waals surface area contributed by atoms with Gasteiger partial charge in [-0.1, -0.05) is 13.8 Å². The monoisotopic (exact) mass is 253 g/mol. The summed E-state index contributed by atoms with van der Waals surface area (Å²) < 4.78 is 0. The van der Waals surface area contributed by atoms with E-state index in [1.807, 2.05) is 13.8 Å². The molecule has 3 amide bonds. The molecular weight excluding hydrogens is 234 g/mol. The molecule has 2 atom stereocenters. The van der Waals surface area contributed by atoms with E-state index >= 15 is 0 Å². The lowest BCUT2D eigenvalue weighted by atomic mass is 9.91. The van der Waals surface area contributed by atoms with Crippen molar-refractivity contribution in [2.75, 3.05) is 6.54 Å². The number of hydrogen-bond acceptors (Lipinski definition) is 4. The molecule has 0 radical (unpaired) electrons. The van der Waals surface area contributed by atoms with Gasteiger partial charge in [-0.05, 0) is 19.3 Å². The van der Waals surface area contributed by atoms with Crippen LogP contribution in [0.25, 0.3) is 0 Å². The van der Waals surface area contributed by atoms with Gasteiger partial charge in [0.25, 0.3) is 0 Å². The third kappa shape index (κ3) is 1.55. The normalized spacial score (nSPS) is 29.3. The summed E-state index contributed by atoms with van der Waals surface area (Å²) >= 11 is 0. The maximum Gasteiger partial charge on any atom is 0.241 e. The molecule has 0 aromatic rings. The topological polar surface area (TPSA) is 92.5 Å². The summed E-state index contributed by atoms with van der Waals surface area (Å²) in [6.07, 6.45) is 0. The maximum absolute atomic E-state index is 12.1. The highest BCUT2D eigenvalue weighted by molar-refractivity contribution is 6.10. The van der Waals surface area contributed by atoms with Crippen molar-refractivity contribution in [3.8, 4) is 0 Å². The van der Waals surface area contributed by atoms with Crippen molar-refractivity contribution in [1.82, 2.24) is 10.3 Å². The molecular formula is C12H19N3O3. The number of hydrogen-bond donors (Lipinski definition) is 2. The Morgan fingerprint density at radius 2 is 1.78 bits per heavy atom. The average Bonchev–Trinajstić information content (AvgIpc) is 2.75. The lowest BCUT2D eigenvalue weighted by molar-refractivity contribution is -0.146. The minimum atomic E-state index is -0.874. The van der Waals surface area contributed by atoms with Crippen molar-refractivity contribution in [2.24, 2.45) is 28.5 Å². The fourth-order valence-corrected chi connectivity index (χ4v) is 2.82. The first-order chi connectivity index (χ1) is 8.14. The van der Waals surface area contributed by atoms with Crippen LogP contribution in [0.15, 0.2) is 0 Å². The summed E-state index contributed by atoms with van der Waals surface area (Å²) in [5.41, 5.74) is 0.968. The van der Waals surface area contributed by atoms with Crippen molar-refractivity contribution < 1.29 is 14.4 Å². The third-order valence-electron chi connectivity index (χ3n) is 4.19. The van der Waals surface area contributed by atoms with Gasteiger partial charge in [-0.2, -0.15) is 0 Å². The van der Waals surface area contributed by atoms with Crippen molar-refractivity contribution >= 4 is 17.7 Å². The molecule has 1 aliphatic carbocycles. The smallest absolute Gasteiger partial charge is 0.241 e. The number of rotatable bonds is 3. The van der Waals surface area contributed by atoms with Gasteiger partial charge in [0, 0.05) is 6.54 Å². The van der Waals surface area contributed by atoms with Crippen LogP contribution in [0, 0.1) is 22.7 Å². The number of imide groups is 1. The quantitative estimate of drug-likeness (QED) is 0.311. The van der Waals surface area contributed by atoms with Crippen LogP contribution in [0.4, 0.5) is 0 Å². The molecule has 2 aliphatic rings. The van der Waals surface area contributed by atoms with Gasteiger partial charge in [0.05, 0.1) is 17.3 Å². The molecule has 1 aliphatic heterocycles. The molecule has 6 nitrogen and oxygen atoms in total. The zero-order valence-corrected chi connectivity index (χ0v) is 11.1. The first-order valence-electron chi connectivity index (χ1n) is 6.01. The van der Waals surface area contributed by atoms with Crippen LogP contribution in [0.5, 0.6) is 0 Å². The number of carbonyl (C=O) groups excluding carboxylic acids is 3. The van der Waals surface area contributed by atoms with Crippen molar-refractivity contribution in [2.45, 2.75) is 27.7 Å². The zero-order chi connectivity index (χ0) is 13.9. The van der Waals surface area contributed by atoms with Crippen LogP contribution < -0.4 is 11.3 Å². The number of likely N-dealkylation sites (tertiary alicyclic amines) is 1. The SMILES string of the molecule is CC(C)(CN1C(=O)C2C(C1=O)C2(C)C)C(=O)NN. The van der Waals surface area contributed by atoms with Gasteiger partial charge in [-0.25, -0.2) is 5.84 Å². The molecule has 18 heavy (non-hydrogen) atoms. The molecule has 1 saturated carbocycles. The predicted octanol–water partition coefficient (Wildman–Crippen LogP) is -0.356. The Morgan fingerprint density at radius 1 is 1.33 bits per heavy atom. The Kier molecular flexibility index (Phi) is 2.56. The standard InChI is InChI=1S/C12H19N3O3/c1-11(2,10(18)14-13)5-15-8(16)6-7(9(15)17)12(6,3)4/h6-7H,5,13H2,1-4H3,(H,14,18). The Labute approximate surface area is 106 Å². The number of carbonyl (C=O) groups is 3. The second-order valence-electron chi connectivity index (χ2n) is 6.40. The first-order valence-corrected chi connectivity index (χ1v) is 6.01. The molecule has 1 heterocycles. The van der Waals surface area contributed by atoms with Gasteiger partial charge in [-0.3, -0.25) is 24.7 Å².